The first kappa shape index (κ1) is 15.8. The van der Waals surface area contributed by atoms with Crippen LogP contribution < -0.4 is 10.5 Å². The minimum absolute atomic E-state index is 0.124. The highest BCUT2D eigenvalue weighted by atomic mass is 16.5. The largest absolute Gasteiger partial charge is 0.493 e. The normalized spacial score (nSPS) is 10.3. The van der Waals surface area contributed by atoms with E-state index in [9.17, 15) is 4.79 Å². The monoisotopic (exact) mass is 301 g/mol. The third kappa shape index (κ3) is 4.18. The van der Waals surface area contributed by atoms with Crippen molar-refractivity contribution in [1.82, 2.24) is 9.97 Å². The molecule has 2 N–H and O–H groups in total. The maximum atomic E-state index is 11.6. The molecule has 1 aromatic heterocycles. The summed E-state index contributed by atoms with van der Waals surface area (Å²) in [4.78, 5) is 19.8. The molecule has 0 radical (unpaired) electrons. The van der Waals surface area contributed by atoms with Gasteiger partial charge in [0.25, 0.3) is 0 Å². The summed E-state index contributed by atoms with van der Waals surface area (Å²) in [7, 11) is 0. The Morgan fingerprint density at radius 3 is 2.64 bits per heavy atom. The van der Waals surface area contributed by atoms with Gasteiger partial charge in [0.2, 0.25) is 0 Å². The second-order valence-corrected chi connectivity index (χ2v) is 4.72. The number of carbonyl (C=O) groups excluding carboxylic acids is 1. The van der Waals surface area contributed by atoms with Gasteiger partial charge in [-0.2, -0.15) is 0 Å². The van der Waals surface area contributed by atoms with Gasteiger partial charge in [-0.15, -0.1) is 0 Å². The smallest absolute Gasteiger partial charge is 0.343 e. The molecule has 6 heteroatoms. The number of hydrogen-bond donors (Lipinski definition) is 1. The Morgan fingerprint density at radius 1 is 1.27 bits per heavy atom. The molecule has 0 amide bonds. The molecule has 116 valence electrons. The Bertz CT molecular complexity index is 642. The van der Waals surface area contributed by atoms with Gasteiger partial charge < -0.3 is 15.2 Å². The Balaban J connectivity index is 1.92. The van der Waals surface area contributed by atoms with Gasteiger partial charge in [-0.05, 0) is 26.0 Å². The van der Waals surface area contributed by atoms with Gasteiger partial charge in [0.1, 0.15) is 23.0 Å². The van der Waals surface area contributed by atoms with Crippen LogP contribution in [-0.4, -0.2) is 29.2 Å². The number of aromatic nitrogens is 2. The molecule has 2 aromatic rings. The summed E-state index contributed by atoms with van der Waals surface area (Å²) in [6.45, 7) is 4.46. The van der Waals surface area contributed by atoms with Crippen molar-refractivity contribution in [1.29, 1.82) is 0 Å². The lowest BCUT2D eigenvalue weighted by Crippen LogP contribution is -2.13. The molecule has 0 saturated carbocycles. The minimum Gasteiger partial charge on any atom is -0.493 e. The van der Waals surface area contributed by atoms with Crippen LogP contribution in [0.1, 0.15) is 28.7 Å². The molecule has 0 saturated heterocycles. The van der Waals surface area contributed by atoms with Gasteiger partial charge in [0.05, 0.1) is 13.2 Å². The summed E-state index contributed by atoms with van der Waals surface area (Å²) in [5.41, 5.74) is 7.12. The molecular formula is C16H19N3O3. The van der Waals surface area contributed by atoms with Crippen LogP contribution >= 0.6 is 0 Å². The highest BCUT2D eigenvalue weighted by molar-refractivity contribution is 5.93. The maximum Gasteiger partial charge on any atom is 0.343 e. The summed E-state index contributed by atoms with van der Waals surface area (Å²) in [5, 5.41) is 0. The Kier molecular flexibility index (Phi) is 5.30. The van der Waals surface area contributed by atoms with Crippen molar-refractivity contribution in [2.45, 2.75) is 20.3 Å². The van der Waals surface area contributed by atoms with Crippen molar-refractivity contribution in [2.24, 2.45) is 0 Å². The van der Waals surface area contributed by atoms with Gasteiger partial charge >= 0.3 is 5.97 Å². The molecule has 0 fully saturated rings. The summed E-state index contributed by atoms with van der Waals surface area (Å²) in [6.07, 6.45) is 1.89. The fourth-order valence-corrected chi connectivity index (χ4v) is 1.81. The summed E-state index contributed by atoms with van der Waals surface area (Å²) >= 11 is 0. The Morgan fingerprint density at radius 2 is 2.00 bits per heavy atom. The third-order valence-corrected chi connectivity index (χ3v) is 2.98. The van der Waals surface area contributed by atoms with E-state index < -0.39 is 5.97 Å². The second-order valence-electron chi connectivity index (χ2n) is 4.72. The average molecular weight is 301 g/mol. The van der Waals surface area contributed by atoms with Gasteiger partial charge in [-0.3, -0.25) is 0 Å². The van der Waals surface area contributed by atoms with Crippen LogP contribution in [0.3, 0.4) is 0 Å². The lowest BCUT2D eigenvalue weighted by molar-refractivity contribution is 0.0526. The minimum atomic E-state index is -0.512. The molecule has 0 unspecified atom stereocenters. The van der Waals surface area contributed by atoms with Gasteiger partial charge in [-0.25, -0.2) is 14.8 Å². The first-order chi connectivity index (χ1) is 10.6. The number of rotatable bonds is 6. The topological polar surface area (TPSA) is 87.3 Å². The second kappa shape index (κ2) is 7.40. The molecule has 0 aliphatic heterocycles. The van der Waals surface area contributed by atoms with E-state index in [1.807, 2.05) is 31.2 Å². The van der Waals surface area contributed by atoms with Crippen molar-refractivity contribution < 1.29 is 14.3 Å². The van der Waals surface area contributed by atoms with E-state index in [-0.39, 0.29) is 18.0 Å². The number of nitrogens with zero attached hydrogens (tertiary/aromatic N) is 2. The number of ether oxygens (including phenoxy) is 2. The molecule has 0 aliphatic carbocycles. The molecule has 6 nitrogen and oxygen atoms in total. The Hall–Kier alpha value is -2.63. The number of hydrogen-bond acceptors (Lipinski definition) is 6. The standard InChI is InChI=1S/C16H19N3O3/c1-3-21-16(20)13-10-18-14(19-15(13)17)8-9-22-12-6-4-11(2)5-7-12/h4-7,10H,3,8-9H2,1-2H3,(H2,17,18,19). The first-order valence-corrected chi connectivity index (χ1v) is 7.08. The van der Waals surface area contributed by atoms with Gasteiger partial charge in [0.15, 0.2) is 0 Å². The number of nitrogens with two attached hydrogens (primary N) is 1. The van der Waals surface area contributed by atoms with Crippen LogP contribution in [0.2, 0.25) is 0 Å². The van der Waals surface area contributed by atoms with Crippen molar-refractivity contribution in [3.05, 3.63) is 47.4 Å². The van der Waals surface area contributed by atoms with E-state index in [4.69, 9.17) is 15.2 Å². The van der Waals surface area contributed by atoms with E-state index in [1.54, 1.807) is 6.92 Å². The highest BCUT2D eigenvalue weighted by Gasteiger charge is 2.13. The van der Waals surface area contributed by atoms with Crippen LogP contribution in [0.4, 0.5) is 5.82 Å². The van der Waals surface area contributed by atoms with Crippen LogP contribution in [0.5, 0.6) is 5.75 Å². The first-order valence-electron chi connectivity index (χ1n) is 7.08. The van der Waals surface area contributed by atoms with E-state index >= 15 is 0 Å². The zero-order valence-electron chi connectivity index (χ0n) is 12.7. The fraction of sp³-hybridized carbons (Fsp3) is 0.312. The molecule has 0 bridgehead atoms. The lowest BCUT2D eigenvalue weighted by Gasteiger charge is -2.08. The van der Waals surface area contributed by atoms with Crippen LogP contribution in [0.25, 0.3) is 0 Å². The summed E-state index contributed by atoms with van der Waals surface area (Å²) in [6, 6.07) is 7.79. The van der Waals surface area contributed by atoms with Crippen LogP contribution in [0, 0.1) is 6.92 Å². The molecule has 22 heavy (non-hydrogen) atoms. The lowest BCUT2D eigenvalue weighted by atomic mass is 10.2. The predicted molar refractivity (Wildman–Crippen MR) is 82.8 cm³/mol. The number of carbonyl (C=O) groups is 1. The van der Waals surface area contributed by atoms with Crippen molar-refractivity contribution in [2.75, 3.05) is 18.9 Å². The van der Waals surface area contributed by atoms with E-state index in [0.29, 0.717) is 18.9 Å². The maximum absolute atomic E-state index is 11.6. The molecule has 0 spiro atoms. The zero-order valence-corrected chi connectivity index (χ0v) is 12.7. The third-order valence-electron chi connectivity index (χ3n) is 2.98. The molecular weight excluding hydrogens is 282 g/mol. The van der Waals surface area contributed by atoms with Crippen molar-refractivity contribution in [3.63, 3.8) is 0 Å². The fourth-order valence-electron chi connectivity index (χ4n) is 1.81. The van der Waals surface area contributed by atoms with E-state index in [1.165, 1.54) is 11.8 Å². The number of aryl methyl sites for hydroxylation is 1. The number of anilines is 1. The molecule has 2 rings (SSSR count). The average Bonchev–Trinajstić information content (AvgIpc) is 2.49. The van der Waals surface area contributed by atoms with E-state index in [2.05, 4.69) is 9.97 Å². The number of nitrogen functional groups attached to an aromatic ring is 1. The summed E-state index contributed by atoms with van der Waals surface area (Å²) in [5.74, 6) is 0.931. The Labute approximate surface area is 129 Å². The van der Waals surface area contributed by atoms with Crippen molar-refractivity contribution in [3.8, 4) is 5.75 Å². The van der Waals surface area contributed by atoms with Crippen LogP contribution in [-0.2, 0) is 11.2 Å². The predicted octanol–water partition coefficient (Wildman–Crippen LogP) is 2.17. The molecule has 0 atom stereocenters. The molecule has 0 aliphatic rings. The van der Waals surface area contributed by atoms with Gasteiger partial charge in [0, 0.05) is 12.6 Å². The van der Waals surface area contributed by atoms with Crippen LogP contribution in [0.15, 0.2) is 30.5 Å². The highest BCUT2D eigenvalue weighted by Crippen LogP contribution is 2.13. The summed E-state index contributed by atoms with van der Waals surface area (Å²) < 4.78 is 10.5. The SMILES string of the molecule is CCOC(=O)c1cnc(CCOc2ccc(C)cc2)nc1N. The van der Waals surface area contributed by atoms with E-state index in [0.717, 1.165) is 5.75 Å². The number of benzene rings is 1. The van der Waals surface area contributed by atoms with Gasteiger partial charge in [-0.1, -0.05) is 17.7 Å². The molecule has 1 aromatic carbocycles. The quantitative estimate of drug-likeness (QED) is 0.823. The number of esters is 1. The molecule has 1 heterocycles. The zero-order chi connectivity index (χ0) is 15.9. The van der Waals surface area contributed by atoms with Crippen molar-refractivity contribution >= 4 is 11.8 Å².